The van der Waals surface area contributed by atoms with Crippen LogP contribution in [0.1, 0.15) is 17.5 Å². The summed E-state index contributed by atoms with van der Waals surface area (Å²) in [6.07, 6.45) is 0.537. The van der Waals surface area contributed by atoms with Crippen LogP contribution in [0.15, 0.2) is 82.8 Å². The Kier molecular flexibility index (Phi) is 7.42. The number of rotatable bonds is 7. The zero-order valence-corrected chi connectivity index (χ0v) is 19.4. The predicted molar refractivity (Wildman–Crippen MR) is 135 cm³/mol. The van der Waals surface area contributed by atoms with Crippen molar-refractivity contribution in [1.29, 1.82) is 0 Å². The van der Waals surface area contributed by atoms with Crippen LogP contribution in [0.25, 0.3) is 0 Å². The summed E-state index contributed by atoms with van der Waals surface area (Å²) in [6.45, 7) is 0.447. The number of ether oxygens (including phenoxy) is 2. The number of aliphatic imine (C=N–C) groups is 2. The van der Waals surface area contributed by atoms with Crippen LogP contribution in [0, 0.1) is 0 Å². The van der Waals surface area contributed by atoms with E-state index < -0.39 is 0 Å². The summed E-state index contributed by atoms with van der Waals surface area (Å²) < 4.78 is 10.6. The van der Waals surface area contributed by atoms with E-state index in [0.717, 1.165) is 44.8 Å². The van der Waals surface area contributed by atoms with E-state index in [1.54, 1.807) is 14.2 Å². The van der Waals surface area contributed by atoms with Crippen molar-refractivity contribution in [3.63, 3.8) is 0 Å². The Morgan fingerprint density at radius 3 is 2.36 bits per heavy atom. The fourth-order valence-corrected chi connectivity index (χ4v) is 4.19. The number of nitrogens with zero attached hydrogens (tertiary/aromatic N) is 2. The van der Waals surface area contributed by atoms with E-state index in [0.29, 0.717) is 13.0 Å². The van der Waals surface area contributed by atoms with Crippen molar-refractivity contribution in [3.8, 4) is 11.5 Å². The molecule has 6 nitrogen and oxygen atoms in total. The molecule has 0 atom stereocenters. The molecule has 0 aliphatic carbocycles. The summed E-state index contributed by atoms with van der Waals surface area (Å²) in [5, 5.41) is 3.81. The molecule has 0 spiro atoms. The zero-order chi connectivity index (χ0) is 23.0. The highest BCUT2D eigenvalue weighted by atomic mass is 32.2. The second kappa shape index (κ2) is 10.8. The summed E-state index contributed by atoms with van der Waals surface area (Å²) in [5.74, 6) is 1.77. The lowest BCUT2D eigenvalue weighted by molar-refractivity contribution is -0.118. The standard InChI is InChI=1S/C26H25N3O3S/c1-31-20-9-5-7-18(13-20)16-27-25(30)17-33-26-15-24(19-8-6-10-21(14-19)32-2)28-22-11-3-4-12-23(22)29-26/h3-14H,15-17H2,1-2H3,(H,27,30). The molecule has 0 unspecified atom stereocenters. The molecule has 7 heteroatoms. The van der Waals surface area contributed by atoms with Crippen molar-refractivity contribution in [2.75, 3.05) is 20.0 Å². The Labute approximate surface area is 197 Å². The third-order valence-electron chi connectivity index (χ3n) is 5.10. The molecular formula is C26H25N3O3S. The van der Waals surface area contributed by atoms with Crippen molar-refractivity contribution >= 4 is 39.8 Å². The largest absolute Gasteiger partial charge is 0.497 e. The molecule has 1 aliphatic rings. The number of methoxy groups -OCH3 is 2. The number of hydrogen-bond donors (Lipinski definition) is 1. The van der Waals surface area contributed by atoms with E-state index in [-0.39, 0.29) is 11.7 Å². The van der Waals surface area contributed by atoms with E-state index in [1.165, 1.54) is 11.8 Å². The molecule has 1 heterocycles. The van der Waals surface area contributed by atoms with Crippen molar-refractivity contribution in [3.05, 3.63) is 83.9 Å². The van der Waals surface area contributed by atoms with Gasteiger partial charge in [-0.25, -0.2) is 4.99 Å². The average molecular weight is 460 g/mol. The molecule has 4 rings (SSSR count). The van der Waals surface area contributed by atoms with Crippen LogP contribution in [0.2, 0.25) is 0 Å². The van der Waals surface area contributed by atoms with Crippen molar-refractivity contribution in [2.45, 2.75) is 13.0 Å². The molecule has 0 fully saturated rings. The van der Waals surface area contributed by atoms with Crippen molar-refractivity contribution in [1.82, 2.24) is 5.32 Å². The van der Waals surface area contributed by atoms with E-state index in [4.69, 9.17) is 19.5 Å². The molecular weight excluding hydrogens is 434 g/mol. The first-order valence-corrected chi connectivity index (χ1v) is 11.5. The van der Waals surface area contributed by atoms with Crippen LogP contribution < -0.4 is 14.8 Å². The SMILES string of the molecule is COc1cccc(CNC(=O)CSC2=Nc3ccccc3N=C(c3cccc(OC)c3)C2)c1. The van der Waals surface area contributed by atoms with Gasteiger partial charge in [0.15, 0.2) is 0 Å². The molecule has 33 heavy (non-hydrogen) atoms. The molecule has 0 bridgehead atoms. The fourth-order valence-electron chi connectivity index (χ4n) is 3.39. The Bertz CT molecular complexity index is 1210. The van der Waals surface area contributed by atoms with E-state index in [1.807, 2.05) is 72.8 Å². The minimum absolute atomic E-state index is 0.0529. The number of thioether (sulfide) groups is 1. The molecule has 0 saturated carbocycles. The van der Waals surface area contributed by atoms with Gasteiger partial charge in [0.05, 0.1) is 42.1 Å². The topological polar surface area (TPSA) is 72.3 Å². The van der Waals surface area contributed by atoms with Crippen LogP contribution in [0.4, 0.5) is 11.4 Å². The molecule has 168 valence electrons. The number of nitrogens with one attached hydrogen (secondary N) is 1. The second-order valence-electron chi connectivity index (χ2n) is 7.38. The van der Waals surface area contributed by atoms with Crippen LogP contribution in [-0.2, 0) is 11.3 Å². The van der Waals surface area contributed by atoms with Crippen molar-refractivity contribution in [2.24, 2.45) is 9.98 Å². The number of benzene rings is 3. The van der Waals surface area contributed by atoms with Gasteiger partial charge < -0.3 is 14.8 Å². The maximum absolute atomic E-state index is 12.5. The van der Waals surface area contributed by atoms with Gasteiger partial charge in [-0.15, -0.1) is 11.8 Å². The summed E-state index contributed by atoms with van der Waals surface area (Å²) in [4.78, 5) is 22.2. The van der Waals surface area contributed by atoms with Crippen molar-refractivity contribution < 1.29 is 14.3 Å². The van der Waals surface area contributed by atoms with Gasteiger partial charge >= 0.3 is 0 Å². The van der Waals surface area contributed by atoms with Crippen LogP contribution in [0.3, 0.4) is 0 Å². The highest BCUT2D eigenvalue weighted by Crippen LogP contribution is 2.33. The lowest BCUT2D eigenvalue weighted by Gasteiger charge is -2.10. The quantitative estimate of drug-likeness (QED) is 0.520. The number of amides is 1. The third kappa shape index (κ3) is 6.02. The molecule has 3 aromatic rings. The van der Waals surface area contributed by atoms with E-state index >= 15 is 0 Å². The van der Waals surface area contributed by atoms with Crippen LogP contribution >= 0.6 is 11.8 Å². The fraction of sp³-hybridized carbons (Fsp3) is 0.192. The number of carbonyl (C=O) groups excluding carboxylic acids is 1. The molecule has 3 aromatic carbocycles. The minimum atomic E-state index is -0.0529. The number of fused-ring (bicyclic) bond motifs is 1. The lowest BCUT2D eigenvalue weighted by Crippen LogP contribution is -2.25. The third-order valence-corrected chi connectivity index (χ3v) is 6.07. The van der Waals surface area contributed by atoms with Gasteiger partial charge in [0.25, 0.3) is 0 Å². The molecule has 1 amide bonds. The highest BCUT2D eigenvalue weighted by molar-refractivity contribution is 8.14. The van der Waals surface area contributed by atoms with E-state index in [2.05, 4.69) is 5.32 Å². The first kappa shape index (κ1) is 22.6. The van der Waals surface area contributed by atoms with Crippen LogP contribution in [-0.4, -0.2) is 36.6 Å². The van der Waals surface area contributed by atoms with Gasteiger partial charge in [-0.05, 0) is 42.0 Å². The van der Waals surface area contributed by atoms with Gasteiger partial charge in [-0.1, -0.05) is 36.4 Å². The highest BCUT2D eigenvalue weighted by Gasteiger charge is 2.17. The van der Waals surface area contributed by atoms with E-state index in [9.17, 15) is 4.79 Å². The Hall–Kier alpha value is -3.58. The maximum Gasteiger partial charge on any atom is 0.230 e. The molecule has 1 aliphatic heterocycles. The summed E-state index contributed by atoms with van der Waals surface area (Å²) >= 11 is 1.43. The Balaban J connectivity index is 1.46. The first-order chi connectivity index (χ1) is 16.1. The Morgan fingerprint density at radius 2 is 1.61 bits per heavy atom. The Morgan fingerprint density at radius 1 is 0.909 bits per heavy atom. The monoisotopic (exact) mass is 459 g/mol. The lowest BCUT2D eigenvalue weighted by atomic mass is 10.1. The van der Waals surface area contributed by atoms with Gasteiger partial charge in [0.1, 0.15) is 11.5 Å². The number of hydrogen-bond acceptors (Lipinski definition) is 6. The van der Waals surface area contributed by atoms with Gasteiger partial charge in [-0.2, -0.15) is 0 Å². The summed E-state index contributed by atoms with van der Waals surface area (Å²) in [7, 11) is 3.28. The van der Waals surface area contributed by atoms with Gasteiger partial charge in [-0.3, -0.25) is 9.79 Å². The van der Waals surface area contributed by atoms with Gasteiger partial charge in [0.2, 0.25) is 5.91 Å². The minimum Gasteiger partial charge on any atom is -0.497 e. The first-order valence-electron chi connectivity index (χ1n) is 10.6. The normalized spacial score (nSPS) is 12.7. The molecule has 1 N–H and O–H groups in total. The smallest absolute Gasteiger partial charge is 0.230 e. The van der Waals surface area contributed by atoms with Crippen LogP contribution in [0.5, 0.6) is 11.5 Å². The number of carbonyl (C=O) groups is 1. The average Bonchev–Trinajstić information content (AvgIpc) is 3.05. The summed E-state index contributed by atoms with van der Waals surface area (Å²) in [6, 6.07) is 23.3. The number of para-hydroxylation sites is 2. The van der Waals surface area contributed by atoms with Gasteiger partial charge in [0, 0.05) is 18.5 Å². The molecule has 0 saturated heterocycles. The molecule has 0 radical (unpaired) electrons. The zero-order valence-electron chi connectivity index (χ0n) is 18.6. The molecule has 0 aromatic heterocycles. The maximum atomic E-state index is 12.5. The second-order valence-corrected chi connectivity index (χ2v) is 8.43. The summed E-state index contributed by atoms with van der Waals surface area (Å²) in [5.41, 5.74) is 4.47. The predicted octanol–water partition coefficient (Wildman–Crippen LogP) is 5.31.